The molecule has 0 atom stereocenters. The summed E-state index contributed by atoms with van der Waals surface area (Å²) in [6, 6.07) is 35.6. The van der Waals surface area contributed by atoms with Crippen LogP contribution in [-0.2, 0) is 21.7 Å². The van der Waals surface area contributed by atoms with Crippen LogP contribution in [0.2, 0.25) is 0 Å². The van der Waals surface area contributed by atoms with Gasteiger partial charge in [-0.15, -0.1) is 0 Å². The number of hydrogen-bond donors (Lipinski definition) is 0. The lowest BCUT2D eigenvalue weighted by atomic mass is 9.81. The van der Waals surface area contributed by atoms with Crippen LogP contribution in [0, 0.1) is 0 Å². The van der Waals surface area contributed by atoms with Gasteiger partial charge in [-0.3, -0.25) is 0 Å². The lowest BCUT2D eigenvalue weighted by molar-refractivity contribution is -0.440. The second-order valence-electron chi connectivity index (χ2n) is 23.7. The highest BCUT2D eigenvalue weighted by molar-refractivity contribution is 6.33. The van der Waals surface area contributed by atoms with E-state index in [-0.39, 0.29) is 21.7 Å². The summed E-state index contributed by atoms with van der Waals surface area (Å²) in [5, 5.41) is 1.82. The van der Waals surface area contributed by atoms with Gasteiger partial charge in [-0.2, -0.15) is 9.15 Å². The van der Waals surface area contributed by atoms with E-state index in [1.807, 2.05) is 0 Å². The Morgan fingerprint density at radius 1 is 0.432 bits per heavy atom. The van der Waals surface area contributed by atoms with E-state index in [0.29, 0.717) is 0 Å². The third-order valence-corrected chi connectivity index (χ3v) is 18.6. The van der Waals surface area contributed by atoms with Crippen LogP contribution < -0.4 is 9.80 Å². The third kappa shape index (κ3) is 9.21. The number of halogens is 2. The molecule has 4 aliphatic heterocycles. The van der Waals surface area contributed by atoms with E-state index in [2.05, 4.69) is 234 Å². The third-order valence-electron chi connectivity index (χ3n) is 17.7. The van der Waals surface area contributed by atoms with Gasteiger partial charge in [0.1, 0.15) is 13.1 Å². The first-order valence-electron chi connectivity index (χ1n) is 27.6. The fourth-order valence-electron chi connectivity index (χ4n) is 13.4. The number of benzene rings is 4. The van der Waals surface area contributed by atoms with Gasteiger partial charge in [0.15, 0.2) is 11.4 Å². The number of nitrogens with zero attached hydrogens (tertiary/aromatic N) is 4. The second-order valence-corrected chi connectivity index (χ2v) is 24.5. The number of hydrogen-bond acceptors (Lipinski definition) is 2. The maximum atomic E-state index is 7.33. The van der Waals surface area contributed by atoms with E-state index in [0.717, 1.165) is 74.5 Å². The molecule has 0 saturated carbocycles. The Bertz CT molecular complexity index is 3010. The summed E-state index contributed by atoms with van der Waals surface area (Å²) in [6.07, 6.45) is 29.4. The first kappa shape index (κ1) is 51.8. The number of likely N-dealkylation sites (N-methyl/N-ethyl adjacent to an activating group) is 2. The quantitative estimate of drug-likeness (QED) is 0.0977. The van der Waals surface area contributed by atoms with Crippen LogP contribution in [0.25, 0.3) is 0 Å². The zero-order chi connectivity index (χ0) is 52.2. The van der Waals surface area contributed by atoms with Crippen molar-refractivity contribution in [3.8, 4) is 0 Å². The standard InChI is InChI=1S/C68H78Cl2N4/c1-65(2)51-29-13-17-33-55(51)71(9)59(65)41-37-47-25-23-27-49(63(47)69)39-43-61-67(5,6)53-31-15-19-35-57(53)73(61)45-21-11-12-22-46-74-58-36-20-16-32-54(58)68(7,8)62(74)44-40-50-28-24-26-48(64(50)70)38-42-60-66(3,4)52-30-14-18-34-56(52)72(60)10/h13-20,29-44H,11-12,21-28,45-46H2,1-10H3/q+2. The Morgan fingerprint density at radius 2 is 0.797 bits per heavy atom. The zero-order valence-electron chi connectivity index (χ0n) is 45.9. The van der Waals surface area contributed by atoms with Crippen molar-refractivity contribution in [2.45, 2.75) is 141 Å². The Morgan fingerprint density at radius 3 is 1.19 bits per heavy atom. The van der Waals surface area contributed by atoms with Gasteiger partial charge < -0.3 is 9.80 Å². The minimum Gasteiger partial charge on any atom is -0.347 e. The summed E-state index contributed by atoms with van der Waals surface area (Å²) in [5.74, 6) is 0. The predicted octanol–water partition coefficient (Wildman–Crippen LogP) is 17.6. The van der Waals surface area contributed by atoms with E-state index in [1.54, 1.807) is 0 Å². The molecule has 6 heteroatoms. The van der Waals surface area contributed by atoms with Crippen molar-refractivity contribution in [2.75, 3.05) is 37.0 Å². The molecule has 0 saturated heterocycles. The van der Waals surface area contributed by atoms with Crippen LogP contribution in [0.1, 0.15) is 142 Å². The van der Waals surface area contributed by atoms with Crippen molar-refractivity contribution >= 4 is 57.4 Å². The van der Waals surface area contributed by atoms with Crippen molar-refractivity contribution in [2.24, 2.45) is 0 Å². The van der Waals surface area contributed by atoms with Crippen molar-refractivity contribution in [3.05, 3.63) is 212 Å². The van der Waals surface area contributed by atoms with Gasteiger partial charge in [-0.25, -0.2) is 0 Å². The summed E-state index contributed by atoms with van der Waals surface area (Å²) in [6.45, 7) is 20.8. The molecule has 2 aliphatic carbocycles. The summed E-state index contributed by atoms with van der Waals surface area (Å²) in [7, 11) is 4.37. The second kappa shape index (κ2) is 20.5. The largest absolute Gasteiger partial charge is 0.347 e. The molecule has 4 aromatic rings. The Balaban J connectivity index is 0.839. The first-order chi connectivity index (χ1) is 35.4. The number of anilines is 2. The molecule has 0 fully saturated rings. The minimum atomic E-state index is -0.120. The number of unbranched alkanes of at least 4 members (excludes halogenated alkanes) is 3. The fraction of sp³-hybridized carbons (Fsp3) is 0.382. The predicted molar refractivity (Wildman–Crippen MR) is 317 cm³/mol. The molecule has 6 aliphatic rings. The van der Waals surface area contributed by atoms with Gasteiger partial charge in [0, 0.05) is 106 Å². The molecule has 74 heavy (non-hydrogen) atoms. The fourth-order valence-corrected chi connectivity index (χ4v) is 14.0. The van der Waals surface area contributed by atoms with Crippen molar-refractivity contribution < 1.29 is 9.15 Å². The maximum absolute atomic E-state index is 7.33. The smallest absolute Gasteiger partial charge is 0.209 e. The molecule has 0 unspecified atom stereocenters. The molecule has 4 nitrogen and oxygen atoms in total. The first-order valence-corrected chi connectivity index (χ1v) is 28.3. The molecular weight excluding hydrogens is 944 g/mol. The summed E-state index contributed by atoms with van der Waals surface area (Å²) < 4.78 is 5.21. The number of para-hydroxylation sites is 4. The van der Waals surface area contributed by atoms with Gasteiger partial charge in [-0.05, 0) is 137 Å². The lowest BCUT2D eigenvalue weighted by Crippen LogP contribution is -2.28. The summed E-state index contributed by atoms with van der Waals surface area (Å²) >= 11 is 14.7. The van der Waals surface area contributed by atoms with Crippen LogP contribution >= 0.6 is 23.2 Å². The molecule has 4 heterocycles. The van der Waals surface area contributed by atoms with Gasteiger partial charge in [0.05, 0.1) is 10.8 Å². The van der Waals surface area contributed by atoms with E-state index >= 15 is 0 Å². The van der Waals surface area contributed by atoms with E-state index < -0.39 is 0 Å². The SMILES string of the molecule is CN1C(=CC=C2CCCC(C=CC3=[N+](CCCCCC[N+]4=C(C=CC5=C(Cl)C(=CC=C6N(C)c7ccccc7C6(C)C)CCC5)C(C)(C)c5ccccc54)c4ccccc4C3(C)C)=C2Cl)C(C)(C)c2ccccc21. The highest BCUT2D eigenvalue weighted by Gasteiger charge is 2.46. The van der Waals surface area contributed by atoms with Gasteiger partial charge in [-0.1, -0.05) is 148 Å². The highest BCUT2D eigenvalue weighted by Crippen LogP contribution is 2.49. The van der Waals surface area contributed by atoms with E-state index in [1.165, 1.54) is 103 Å². The average molecular weight is 1020 g/mol. The van der Waals surface area contributed by atoms with E-state index in [4.69, 9.17) is 23.2 Å². The highest BCUT2D eigenvalue weighted by atomic mass is 35.5. The van der Waals surface area contributed by atoms with Crippen LogP contribution in [0.4, 0.5) is 22.7 Å². The molecule has 10 rings (SSSR count). The Labute approximate surface area is 453 Å². The summed E-state index contributed by atoms with van der Waals surface area (Å²) in [4.78, 5) is 4.68. The molecular formula is C68H78Cl2N4+2. The molecule has 0 spiro atoms. The Hall–Kier alpha value is -5.68. The number of fused-ring (bicyclic) bond motifs is 4. The van der Waals surface area contributed by atoms with Gasteiger partial charge >= 0.3 is 0 Å². The maximum Gasteiger partial charge on any atom is 0.209 e. The molecule has 4 aromatic carbocycles. The van der Waals surface area contributed by atoms with Crippen molar-refractivity contribution in [3.63, 3.8) is 0 Å². The van der Waals surface area contributed by atoms with Crippen LogP contribution in [0.15, 0.2) is 189 Å². The van der Waals surface area contributed by atoms with Crippen LogP contribution in [0.5, 0.6) is 0 Å². The topological polar surface area (TPSA) is 12.5 Å². The van der Waals surface area contributed by atoms with Gasteiger partial charge in [0.2, 0.25) is 11.4 Å². The lowest BCUT2D eigenvalue weighted by Gasteiger charge is -2.24. The number of rotatable bonds is 13. The Kier molecular flexibility index (Phi) is 14.3. The molecule has 0 aromatic heterocycles. The normalized spacial score (nSPS) is 22.8. The van der Waals surface area contributed by atoms with Crippen molar-refractivity contribution in [1.82, 2.24) is 0 Å². The molecule has 0 bridgehead atoms. The molecule has 0 N–H and O–H groups in total. The minimum absolute atomic E-state index is 0.0686. The zero-order valence-corrected chi connectivity index (χ0v) is 47.4. The monoisotopic (exact) mass is 1020 g/mol. The molecule has 0 amide bonds. The molecule has 382 valence electrons. The van der Waals surface area contributed by atoms with Crippen LogP contribution in [0.3, 0.4) is 0 Å². The van der Waals surface area contributed by atoms with Gasteiger partial charge in [0.25, 0.3) is 0 Å². The molecule has 0 radical (unpaired) electrons. The summed E-state index contributed by atoms with van der Waals surface area (Å²) in [5.41, 5.74) is 20.6. The van der Waals surface area contributed by atoms with Crippen molar-refractivity contribution in [1.29, 1.82) is 0 Å². The number of allylic oxidation sites excluding steroid dienone is 16. The average Bonchev–Trinajstić information content (AvgIpc) is 3.92. The van der Waals surface area contributed by atoms with E-state index in [9.17, 15) is 0 Å². The van der Waals surface area contributed by atoms with Crippen LogP contribution in [-0.4, -0.2) is 47.8 Å².